The number of anilines is 5. The van der Waals surface area contributed by atoms with E-state index >= 15 is 0 Å². The molecular weight excluding hydrogens is 462 g/mol. The molecule has 176 valence electrons. The monoisotopic (exact) mass is 485 g/mol. The topological polar surface area (TPSA) is 97.2 Å². The van der Waals surface area contributed by atoms with Crippen molar-refractivity contribution in [2.75, 3.05) is 23.0 Å². The lowest BCUT2D eigenvalue weighted by atomic mass is 9.78. The fraction of sp³-hybridized carbons (Fsp3) is 0.280. The Morgan fingerprint density at radius 3 is 2.46 bits per heavy atom. The number of rotatable bonds is 4. The van der Waals surface area contributed by atoms with Crippen LogP contribution in [0.2, 0.25) is 0 Å². The van der Waals surface area contributed by atoms with Gasteiger partial charge in [0.2, 0.25) is 0 Å². The second-order valence-corrected chi connectivity index (χ2v) is 10.3. The Labute approximate surface area is 206 Å². The van der Waals surface area contributed by atoms with Crippen LogP contribution in [0.3, 0.4) is 0 Å². The quantitative estimate of drug-likeness (QED) is 0.401. The highest BCUT2D eigenvalue weighted by Crippen LogP contribution is 2.45. The predicted molar refractivity (Wildman–Crippen MR) is 133 cm³/mol. The summed E-state index contributed by atoms with van der Waals surface area (Å²) in [6.45, 7) is 5.41. The molecule has 0 bridgehead atoms. The largest absolute Gasteiger partial charge is 0.490 e. The number of Topliss-reactive ketones (excluding diaryl/α,β-unsaturated/α-hetero) is 1. The number of ether oxygens (including phenoxy) is 1. The van der Waals surface area contributed by atoms with Gasteiger partial charge in [-0.3, -0.25) is 19.7 Å². The zero-order valence-corrected chi connectivity index (χ0v) is 20.2. The maximum Gasteiger partial charge on any atom is 0.190 e. The first-order valence-corrected chi connectivity index (χ1v) is 12.2. The Hall–Kier alpha value is -3.92. The van der Waals surface area contributed by atoms with Gasteiger partial charge in [-0.2, -0.15) is 0 Å². The van der Waals surface area contributed by atoms with E-state index in [2.05, 4.69) is 38.7 Å². The number of nitrogens with zero attached hydrogens (tertiary/aromatic N) is 7. The third-order valence-corrected chi connectivity index (χ3v) is 7.24. The number of fused-ring (bicyclic) bond motifs is 2. The standard InChI is InChI=1S/C25H23N7O2S/c1-25(2)12-17-23(19(33)13-25)35-24(30-17)31-9-10-34-20-4-3-16(11-18(20)31)32(21-14-26-5-7-28-21)22-15-27-6-8-29-22/h3-8,11,14-15H,9-10,12-13H2,1-2H3. The first-order chi connectivity index (χ1) is 17.0. The summed E-state index contributed by atoms with van der Waals surface area (Å²) >= 11 is 1.47. The van der Waals surface area contributed by atoms with Gasteiger partial charge in [0.25, 0.3) is 0 Å². The van der Waals surface area contributed by atoms with Crippen molar-refractivity contribution in [2.45, 2.75) is 26.7 Å². The number of hydrogen-bond donors (Lipinski definition) is 0. The lowest BCUT2D eigenvalue weighted by Crippen LogP contribution is -2.29. The molecule has 1 aliphatic carbocycles. The minimum absolute atomic E-state index is 0.0700. The number of hydrogen-bond acceptors (Lipinski definition) is 10. The highest BCUT2D eigenvalue weighted by Gasteiger charge is 2.35. The van der Waals surface area contributed by atoms with Crippen LogP contribution in [0.1, 0.15) is 35.6 Å². The van der Waals surface area contributed by atoms with Crippen molar-refractivity contribution in [2.24, 2.45) is 5.41 Å². The smallest absolute Gasteiger partial charge is 0.190 e. The normalized spacial score (nSPS) is 16.3. The Balaban J connectivity index is 1.44. The SMILES string of the molecule is CC1(C)CC(=O)c2sc(N3CCOc4ccc(N(c5cnccn5)c5cnccn5)cc43)nc2C1. The summed E-state index contributed by atoms with van der Waals surface area (Å²) in [5.74, 6) is 2.18. The molecule has 0 spiro atoms. The summed E-state index contributed by atoms with van der Waals surface area (Å²) in [5.41, 5.74) is 2.54. The molecule has 0 N–H and O–H groups in total. The van der Waals surface area contributed by atoms with Crippen molar-refractivity contribution >= 4 is 45.3 Å². The maximum atomic E-state index is 12.8. The predicted octanol–water partition coefficient (Wildman–Crippen LogP) is 4.88. The summed E-state index contributed by atoms with van der Waals surface area (Å²) < 4.78 is 5.97. The Bertz CT molecular complexity index is 1350. The van der Waals surface area contributed by atoms with Gasteiger partial charge in [-0.1, -0.05) is 25.2 Å². The van der Waals surface area contributed by atoms with E-state index in [0.717, 1.165) is 39.2 Å². The first kappa shape index (κ1) is 21.6. The molecule has 9 nitrogen and oxygen atoms in total. The van der Waals surface area contributed by atoms with Crippen molar-refractivity contribution in [1.82, 2.24) is 24.9 Å². The molecular formula is C25H23N7O2S. The molecule has 0 saturated heterocycles. The minimum Gasteiger partial charge on any atom is -0.490 e. The zero-order chi connectivity index (χ0) is 24.0. The van der Waals surface area contributed by atoms with E-state index in [4.69, 9.17) is 9.72 Å². The average Bonchev–Trinajstić information content (AvgIpc) is 3.28. The van der Waals surface area contributed by atoms with Crippen molar-refractivity contribution in [3.05, 3.63) is 66.0 Å². The highest BCUT2D eigenvalue weighted by atomic mass is 32.1. The molecule has 0 radical (unpaired) electrons. The summed E-state index contributed by atoms with van der Waals surface area (Å²) in [6.07, 6.45) is 11.3. The van der Waals surface area contributed by atoms with Crippen molar-refractivity contribution in [3.63, 3.8) is 0 Å². The van der Waals surface area contributed by atoms with Crippen LogP contribution in [0.15, 0.2) is 55.4 Å². The molecule has 35 heavy (non-hydrogen) atoms. The van der Waals surface area contributed by atoms with Crippen LogP contribution in [-0.2, 0) is 6.42 Å². The van der Waals surface area contributed by atoms with E-state index < -0.39 is 0 Å². The molecule has 0 saturated carbocycles. The van der Waals surface area contributed by atoms with Crippen LogP contribution in [0, 0.1) is 5.41 Å². The lowest BCUT2D eigenvalue weighted by molar-refractivity contribution is 0.0916. The van der Waals surface area contributed by atoms with Gasteiger partial charge in [0.1, 0.15) is 12.4 Å². The van der Waals surface area contributed by atoms with Gasteiger partial charge in [-0.25, -0.2) is 15.0 Å². The zero-order valence-electron chi connectivity index (χ0n) is 19.4. The van der Waals surface area contributed by atoms with Crippen molar-refractivity contribution < 1.29 is 9.53 Å². The van der Waals surface area contributed by atoms with E-state index in [1.54, 1.807) is 37.2 Å². The van der Waals surface area contributed by atoms with Crippen LogP contribution in [0.5, 0.6) is 5.75 Å². The second-order valence-electron chi connectivity index (χ2n) is 9.33. The van der Waals surface area contributed by atoms with Gasteiger partial charge in [-0.15, -0.1) is 0 Å². The van der Waals surface area contributed by atoms with E-state index in [-0.39, 0.29) is 11.2 Å². The van der Waals surface area contributed by atoms with Gasteiger partial charge in [0.05, 0.1) is 40.9 Å². The fourth-order valence-corrected chi connectivity index (χ4v) is 5.62. The van der Waals surface area contributed by atoms with Gasteiger partial charge in [0.15, 0.2) is 22.6 Å². The number of ketones is 1. The van der Waals surface area contributed by atoms with E-state index in [9.17, 15) is 4.79 Å². The molecule has 0 fully saturated rings. The van der Waals surface area contributed by atoms with Crippen LogP contribution in [0.25, 0.3) is 0 Å². The number of benzene rings is 1. The number of carbonyl (C=O) groups is 1. The maximum absolute atomic E-state index is 12.8. The average molecular weight is 486 g/mol. The van der Waals surface area contributed by atoms with Crippen molar-refractivity contribution in [3.8, 4) is 5.75 Å². The Morgan fingerprint density at radius 1 is 1.03 bits per heavy atom. The Kier molecular flexibility index (Phi) is 5.18. The second kappa shape index (κ2) is 8.38. The lowest BCUT2D eigenvalue weighted by Gasteiger charge is -2.31. The molecule has 3 aromatic heterocycles. The number of carbonyl (C=O) groups excluding carboxylic acids is 1. The minimum atomic E-state index is -0.0700. The molecule has 4 heterocycles. The van der Waals surface area contributed by atoms with E-state index in [1.807, 2.05) is 23.1 Å². The van der Waals surface area contributed by atoms with Crippen LogP contribution < -0.4 is 14.5 Å². The van der Waals surface area contributed by atoms with Gasteiger partial charge >= 0.3 is 0 Å². The number of thiazole rings is 1. The molecule has 1 aliphatic heterocycles. The summed E-state index contributed by atoms with van der Waals surface area (Å²) in [4.78, 5) is 40.0. The highest BCUT2D eigenvalue weighted by molar-refractivity contribution is 7.17. The van der Waals surface area contributed by atoms with Gasteiger partial charge in [0, 0.05) is 31.2 Å². The van der Waals surface area contributed by atoms with Crippen LogP contribution >= 0.6 is 11.3 Å². The third kappa shape index (κ3) is 3.99. The molecule has 0 amide bonds. The molecule has 6 rings (SSSR count). The van der Waals surface area contributed by atoms with E-state index in [1.165, 1.54) is 11.3 Å². The molecule has 1 aromatic carbocycles. The third-order valence-electron chi connectivity index (χ3n) is 6.08. The van der Waals surface area contributed by atoms with E-state index in [0.29, 0.717) is 31.2 Å². The summed E-state index contributed by atoms with van der Waals surface area (Å²) in [7, 11) is 0. The molecule has 2 aliphatic rings. The fourth-order valence-electron chi connectivity index (χ4n) is 4.56. The first-order valence-electron chi connectivity index (χ1n) is 11.4. The van der Waals surface area contributed by atoms with Crippen LogP contribution in [-0.4, -0.2) is 43.9 Å². The molecule has 0 unspecified atom stereocenters. The molecule has 10 heteroatoms. The number of aromatic nitrogens is 5. The molecule has 4 aromatic rings. The summed E-state index contributed by atoms with van der Waals surface area (Å²) in [5, 5.41) is 0.813. The van der Waals surface area contributed by atoms with Gasteiger partial charge < -0.3 is 9.64 Å². The van der Waals surface area contributed by atoms with Gasteiger partial charge in [-0.05, 0) is 30.0 Å². The van der Waals surface area contributed by atoms with Crippen molar-refractivity contribution in [1.29, 1.82) is 0 Å². The molecule has 0 atom stereocenters. The van der Waals surface area contributed by atoms with Crippen LogP contribution in [0.4, 0.5) is 28.1 Å². The summed E-state index contributed by atoms with van der Waals surface area (Å²) in [6, 6.07) is 5.94. The Morgan fingerprint density at radius 2 is 1.77 bits per heavy atom.